The molecule has 0 atom stereocenters. The van der Waals surface area contributed by atoms with Crippen LogP contribution in [0.15, 0.2) is 79.3 Å². The summed E-state index contributed by atoms with van der Waals surface area (Å²) in [4.78, 5) is 26.5. The van der Waals surface area contributed by atoms with Gasteiger partial charge in [-0.2, -0.15) is 0 Å². The normalized spacial score (nSPS) is 12.6. The fourth-order valence-corrected chi connectivity index (χ4v) is 4.35. The monoisotopic (exact) mass is 483 g/mol. The molecule has 0 spiro atoms. The van der Waals surface area contributed by atoms with Crippen LogP contribution >= 0.6 is 0 Å². The van der Waals surface area contributed by atoms with E-state index in [9.17, 15) is 13.6 Å². The number of H-pyrrole nitrogens is 1. The van der Waals surface area contributed by atoms with Crippen molar-refractivity contribution in [3.63, 3.8) is 0 Å². The van der Waals surface area contributed by atoms with Crippen LogP contribution in [0.2, 0.25) is 0 Å². The number of benzene rings is 2. The lowest BCUT2D eigenvalue weighted by atomic mass is 10.1. The Morgan fingerprint density at radius 3 is 2.81 bits per heavy atom. The van der Waals surface area contributed by atoms with E-state index in [0.717, 1.165) is 10.9 Å². The van der Waals surface area contributed by atoms with E-state index in [1.165, 1.54) is 24.3 Å². The van der Waals surface area contributed by atoms with Crippen LogP contribution in [0.5, 0.6) is 11.5 Å². The lowest BCUT2D eigenvalue weighted by molar-refractivity contribution is 0.0990. The van der Waals surface area contributed by atoms with E-state index in [2.05, 4.69) is 20.3 Å². The van der Waals surface area contributed by atoms with Gasteiger partial charge < -0.3 is 19.9 Å². The van der Waals surface area contributed by atoms with E-state index in [0.29, 0.717) is 41.3 Å². The first-order chi connectivity index (χ1) is 17.6. The Bertz CT molecular complexity index is 1620. The lowest BCUT2D eigenvalue weighted by Gasteiger charge is -2.19. The summed E-state index contributed by atoms with van der Waals surface area (Å²) in [6.45, 7) is 0.441. The van der Waals surface area contributed by atoms with E-state index >= 15 is 0 Å². The lowest BCUT2D eigenvalue weighted by Crippen LogP contribution is -2.29. The minimum absolute atomic E-state index is 0.0486. The Labute approximate surface area is 204 Å². The highest BCUT2D eigenvalue weighted by Crippen LogP contribution is 2.33. The second-order valence-electron chi connectivity index (χ2n) is 8.30. The molecule has 2 N–H and O–H groups in total. The molecular weight excluding hydrogens is 464 g/mol. The smallest absolute Gasteiger partial charge is 0.262 e. The van der Waals surface area contributed by atoms with Crippen LogP contribution in [-0.4, -0.2) is 27.4 Å². The Kier molecular flexibility index (Phi) is 5.29. The van der Waals surface area contributed by atoms with Gasteiger partial charge in [0.15, 0.2) is 11.6 Å². The van der Waals surface area contributed by atoms with E-state index in [1.54, 1.807) is 59.9 Å². The molecule has 5 aromatic rings. The van der Waals surface area contributed by atoms with Crippen LogP contribution in [0.1, 0.15) is 15.9 Å². The first kappa shape index (κ1) is 21.7. The molecule has 0 aliphatic carbocycles. The number of halogens is 2. The molecule has 0 unspecified atom stereocenters. The molecule has 36 heavy (non-hydrogen) atoms. The first-order valence-corrected chi connectivity index (χ1v) is 11.3. The van der Waals surface area contributed by atoms with Crippen molar-refractivity contribution in [3.8, 4) is 11.5 Å². The van der Waals surface area contributed by atoms with Crippen molar-refractivity contribution in [1.82, 2.24) is 15.0 Å². The number of pyridine rings is 2. The molecule has 1 aliphatic rings. The fraction of sp³-hybridized carbons (Fsp3) is 0.0741. The molecule has 7 nitrogen and oxygen atoms in total. The van der Waals surface area contributed by atoms with Crippen molar-refractivity contribution >= 4 is 34.1 Å². The number of fused-ring (bicyclic) bond motifs is 2. The zero-order chi connectivity index (χ0) is 24.6. The van der Waals surface area contributed by atoms with Gasteiger partial charge in [-0.3, -0.25) is 4.79 Å². The molecule has 0 saturated heterocycles. The third-order valence-corrected chi connectivity index (χ3v) is 6.06. The van der Waals surface area contributed by atoms with Crippen molar-refractivity contribution in [2.75, 3.05) is 16.8 Å². The van der Waals surface area contributed by atoms with Crippen molar-refractivity contribution in [2.24, 2.45) is 0 Å². The molecule has 4 heterocycles. The molecular formula is C27H19F2N5O2. The van der Waals surface area contributed by atoms with Gasteiger partial charge in [0.25, 0.3) is 5.91 Å². The topological polar surface area (TPSA) is 83.1 Å². The summed E-state index contributed by atoms with van der Waals surface area (Å²) in [6, 6.07) is 15.6. The molecule has 2 aromatic carbocycles. The molecule has 0 bridgehead atoms. The summed E-state index contributed by atoms with van der Waals surface area (Å²) in [6.07, 6.45) is 5.43. The van der Waals surface area contributed by atoms with Gasteiger partial charge in [-0.05, 0) is 66.6 Å². The van der Waals surface area contributed by atoms with Gasteiger partial charge in [0.1, 0.15) is 23.0 Å². The zero-order valence-corrected chi connectivity index (χ0v) is 18.8. The minimum atomic E-state index is -0.584. The average molecular weight is 483 g/mol. The molecule has 9 heteroatoms. The SMILES string of the molecule is O=C(c1cccnc1Nc1ccc(Oc2ccnc3[nH]ccc23)c(F)c1)N1CCc2cc(F)ccc21. The summed E-state index contributed by atoms with van der Waals surface area (Å²) in [5, 5.41) is 3.78. The number of hydrogen-bond acceptors (Lipinski definition) is 5. The highest BCUT2D eigenvalue weighted by Gasteiger charge is 2.27. The highest BCUT2D eigenvalue weighted by molar-refractivity contribution is 6.10. The van der Waals surface area contributed by atoms with Gasteiger partial charge in [-0.25, -0.2) is 18.7 Å². The number of carbonyl (C=O) groups is 1. The third kappa shape index (κ3) is 3.90. The number of nitrogens with one attached hydrogen (secondary N) is 2. The highest BCUT2D eigenvalue weighted by atomic mass is 19.1. The molecule has 0 saturated carbocycles. The van der Waals surface area contributed by atoms with Crippen molar-refractivity contribution in [3.05, 3.63) is 102 Å². The maximum absolute atomic E-state index is 15.0. The van der Waals surface area contributed by atoms with Crippen LogP contribution < -0.4 is 15.0 Å². The number of aromatic amines is 1. The predicted molar refractivity (Wildman–Crippen MR) is 132 cm³/mol. The van der Waals surface area contributed by atoms with Crippen LogP contribution in [0.25, 0.3) is 11.0 Å². The van der Waals surface area contributed by atoms with E-state index in [-0.39, 0.29) is 23.3 Å². The minimum Gasteiger partial charge on any atom is -0.453 e. The van der Waals surface area contributed by atoms with Crippen molar-refractivity contribution in [1.29, 1.82) is 0 Å². The number of carbonyl (C=O) groups excluding carboxylic acids is 1. The molecule has 3 aromatic heterocycles. The largest absolute Gasteiger partial charge is 0.453 e. The van der Waals surface area contributed by atoms with Gasteiger partial charge in [0.2, 0.25) is 0 Å². The molecule has 1 amide bonds. The first-order valence-electron chi connectivity index (χ1n) is 11.3. The van der Waals surface area contributed by atoms with E-state index in [1.807, 2.05) is 0 Å². The Balaban J connectivity index is 1.24. The Morgan fingerprint density at radius 2 is 1.92 bits per heavy atom. The molecule has 6 rings (SSSR count). The maximum atomic E-state index is 15.0. The van der Waals surface area contributed by atoms with Gasteiger partial charge in [0, 0.05) is 42.6 Å². The number of hydrogen-bond donors (Lipinski definition) is 2. The second kappa shape index (κ2) is 8.77. The molecule has 178 valence electrons. The fourth-order valence-electron chi connectivity index (χ4n) is 4.35. The number of anilines is 3. The van der Waals surface area contributed by atoms with E-state index in [4.69, 9.17) is 4.74 Å². The number of rotatable bonds is 5. The predicted octanol–water partition coefficient (Wildman–Crippen LogP) is 5.97. The summed E-state index contributed by atoms with van der Waals surface area (Å²) < 4.78 is 34.3. The third-order valence-electron chi connectivity index (χ3n) is 6.06. The van der Waals surface area contributed by atoms with Crippen LogP contribution in [0.4, 0.5) is 26.0 Å². The van der Waals surface area contributed by atoms with Gasteiger partial charge in [-0.15, -0.1) is 0 Å². The maximum Gasteiger partial charge on any atom is 0.262 e. The summed E-state index contributed by atoms with van der Waals surface area (Å²) >= 11 is 0. The van der Waals surface area contributed by atoms with Crippen LogP contribution in [-0.2, 0) is 6.42 Å². The Morgan fingerprint density at radius 1 is 1.00 bits per heavy atom. The van der Waals surface area contributed by atoms with Gasteiger partial charge >= 0.3 is 0 Å². The Hall–Kier alpha value is -4.79. The second-order valence-corrected chi connectivity index (χ2v) is 8.30. The van der Waals surface area contributed by atoms with Crippen LogP contribution in [0, 0.1) is 11.6 Å². The van der Waals surface area contributed by atoms with Crippen LogP contribution in [0.3, 0.4) is 0 Å². The number of amides is 1. The number of ether oxygens (including phenoxy) is 1. The molecule has 0 radical (unpaired) electrons. The summed E-state index contributed by atoms with van der Waals surface area (Å²) in [7, 11) is 0. The molecule has 0 fully saturated rings. The van der Waals surface area contributed by atoms with Gasteiger partial charge in [-0.1, -0.05) is 0 Å². The zero-order valence-electron chi connectivity index (χ0n) is 18.8. The summed E-state index contributed by atoms with van der Waals surface area (Å²) in [5.74, 6) is -0.377. The quantitative estimate of drug-likeness (QED) is 0.322. The summed E-state index contributed by atoms with van der Waals surface area (Å²) in [5.41, 5.74) is 2.83. The number of nitrogens with zero attached hydrogens (tertiary/aromatic N) is 3. The van der Waals surface area contributed by atoms with Gasteiger partial charge in [0.05, 0.1) is 10.9 Å². The average Bonchev–Trinajstić information content (AvgIpc) is 3.53. The number of aromatic nitrogens is 3. The van der Waals surface area contributed by atoms with E-state index < -0.39 is 5.82 Å². The standard InChI is InChI=1S/C27H19F2N5O2/c28-17-3-5-22-16(14-17)9-13-34(22)27(35)20-2-1-10-30-26(20)33-18-4-6-24(21(29)15-18)36-23-8-12-32-25-19(23)7-11-31-25/h1-8,10-12,14-15H,9,13H2,(H,30,33)(H,31,32). The van der Waals surface area contributed by atoms with Crippen molar-refractivity contribution < 1.29 is 18.3 Å². The molecule has 1 aliphatic heterocycles. The van der Waals surface area contributed by atoms with Crippen molar-refractivity contribution in [2.45, 2.75) is 6.42 Å².